The van der Waals surface area contributed by atoms with Crippen LogP contribution in [0.5, 0.6) is 0 Å². The van der Waals surface area contributed by atoms with Crippen molar-refractivity contribution in [1.29, 1.82) is 0 Å². The van der Waals surface area contributed by atoms with E-state index < -0.39 is 34.6 Å². The number of hydrogen-bond donors (Lipinski definition) is 0. The first kappa shape index (κ1) is 40.6. The van der Waals surface area contributed by atoms with Crippen molar-refractivity contribution >= 4 is 90.5 Å². The molecule has 63 heavy (non-hydrogen) atoms. The summed E-state index contributed by atoms with van der Waals surface area (Å²) in [5.74, 6) is 0. The fourth-order valence-electron chi connectivity index (χ4n) is 10.4. The van der Waals surface area contributed by atoms with Crippen LogP contribution in [0, 0.1) is 0 Å². The van der Waals surface area contributed by atoms with Gasteiger partial charge >= 0.3 is 382 Å². The number of benzene rings is 10. The second-order valence-corrected chi connectivity index (χ2v) is 36.1. The van der Waals surface area contributed by atoms with Gasteiger partial charge in [-0.15, -0.1) is 0 Å². The Bertz CT molecular complexity index is 2580. The molecule has 0 aliphatic heterocycles. The Balaban J connectivity index is 1.22. The monoisotopic (exact) mass is 944 g/mol. The third-order valence-corrected chi connectivity index (χ3v) is 38.1. The molecule has 10 aromatic carbocycles. The summed E-state index contributed by atoms with van der Waals surface area (Å²) in [6.45, 7) is 0. The van der Waals surface area contributed by atoms with Gasteiger partial charge in [-0.3, -0.25) is 0 Å². The zero-order valence-corrected chi connectivity index (χ0v) is 40.4. The van der Waals surface area contributed by atoms with Crippen LogP contribution in [0.15, 0.2) is 291 Å². The van der Waals surface area contributed by atoms with Gasteiger partial charge in [0.1, 0.15) is 0 Å². The summed E-state index contributed by atoms with van der Waals surface area (Å²) >= 11 is -6.98. The summed E-state index contributed by atoms with van der Waals surface area (Å²) < 4.78 is 11.4. The van der Waals surface area contributed by atoms with E-state index in [-0.39, 0.29) is 0 Å². The Morgan fingerprint density at radius 3 is 0.524 bits per heavy atom. The second kappa shape index (κ2) is 18.1. The molecule has 10 rings (SSSR count). The molecular weight excluding hydrogens is 894 g/mol. The minimum absolute atomic E-state index is 1.38. The fraction of sp³-hybridized carbons (Fsp3) is 0. The summed E-state index contributed by atoms with van der Waals surface area (Å²) in [6, 6.07) is 111. The van der Waals surface area contributed by atoms with Crippen LogP contribution in [-0.4, -0.2) is 34.6 Å². The summed E-state index contributed by atoms with van der Waals surface area (Å²) in [4.78, 5) is 0. The molecule has 0 fully saturated rings. The molecule has 0 aliphatic rings. The molecule has 300 valence electrons. The van der Waals surface area contributed by atoms with Crippen LogP contribution in [0.1, 0.15) is 0 Å². The van der Waals surface area contributed by atoms with E-state index >= 15 is 0 Å². The fourth-order valence-corrected chi connectivity index (χ4v) is 35.1. The molecule has 3 heteroatoms. The molecular formula is C60H48Ge2Si. The molecule has 0 atom stereocenters. The zero-order chi connectivity index (χ0) is 42.4. The Morgan fingerprint density at radius 2 is 0.317 bits per heavy atom. The molecule has 0 aromatic heterocycles. The van der Waals surface area contributed by atoms with Gasteiger partial charge in [0.25, 0.3) is 0 Å². The van der Waals surface area contributed by atoms with Crippen molar-refractivity contribution in [2.24, 2.45) is 0 Å². The van der Waals surface area contributed by atoms with Crippen LogP contribution in [0.2, 0.25) is 0 Å². The van der Waals surface area contributed by atoms with Crippen LogP contribution >= 0.6 is 0 Å². The van der Waals surface area contributed by atoms with Gasteiger partial charge in [-0.25, -0.2) is 0 Å². The first-order valence-corrected chi connectivity index (χ1v) is 32.3. The third-order valence-electron chi connectivity index (χ3n) is 13.2. The van der Waals surface area contributed by atoms with Crippen molar-refractivity contribution in [2.45, 2.75) is 0 Å². The molecule has 0 saturated heterocycles. The average molecular weight is 942 g/mol. The Morgan fingerprint density at radius 1 is 0.159 bits per heavy atom. The summed E-state index contributed by atoms with van der Waals surface area (Å²) in [5, 5.41) is 5.51. The third kappa shape index (κ3) is 7.11. The van der Waals surface area contributed by atoms with Crippen LogP contribution in [0.25, 0.3) is 0 Å². The minimum atomic E-state index is -3.49. The van der Waals surface area contributed by atoms with E-state index in [1.807, 2.05) is 0 Å². The first-order valence-electron chi connectivity index (χ1n) is 21.9. The molecule has 0 spiro atoms. The maximum absolute atomic E-state index is 3.49. The van der Waals surface area contributed by atoms with Crippen molar-refractivity contribution in [3.05, 3.63) is 291 Å². The standard InChI is InChI=1S/C60H48Ge2Si/c1-9-25-49(26-10-1)61(50-27-11-2-12-28-50,51-29-13-3-14-30-51)55-41-45-59(46-42-55)63(57-37-21-7-22-38-57,58-39-23-8-24-40-58)60-47-43-56(44-48-60)62(52-31-15-4-16-32-52,53-33-17-5-18-34-53)54-35-19-6-20-36-54/h1-48H. The predicted octanol–water partition coefficient (Wildman–Crippen LogP) is 5.82. The Kier molecular flexibility index (Phi) is 11.6. The number of rotatable bonds is 12. The van der Waals surface area contributed by atoms with E-state index in [1.54, 1.807) is 0 Å². The average Bonchev–Trinajstić information content (AvgIpc) is 3.38. The first-order chi connectivity index (χ1) is 31.3. The van der Waals surface area contributed by atoms with Gasteiger partial charge in [0.05, 0.1) is 0 Å². The summed E-state index contributed by atoms with van der Waals surface area (Å²) in [5.41, 5.74) is 0. The molecule has 0 aliphatic carbocycles. The Labute approximate surface area is 379 Å². The van der Waals surface area contributed by atoms with E-state index in [4.69, 9.17) is 0 Å². The van der Waals surface area contributed by atoms with E-state index in [2.05, 4.69) is 291 Å². The van der Waals surface area contributed by atoms with Crippen LogP contribution < -0.4 is 55.9 Å². The molecule has 0 N–H and O–H groups in total. The molecule has 0 amide bonds. The SMILES string of the molecule is c1ccc([Si](c2ccccc2)(c2cc[c]([Ge]([c]3ccccc3)([c]3ccccc3)[c]3ccccc3)cc2)c2cc[c]([Ge]([c]3ccccc3)([c]3ccccc3)[c]3ccccc3)cc2)cc1. The van der Waals surface area contributed by atoms with Crippen molar-refractivity contribution in [3.63, 3.8) is 0 Å². The molecule has 0 radical (unpaired) electrons. The zero-order valence-electron chi connectivity index (χ0n) is 35.2. The van der Waals surface area contributed by atoms with Gasteiger partial charge < -0.3 is 0 Å². The van der Waals surface area contributed by atoms with Crippen molar-refractivity contribution in [3.8, 4) is 0 Å². The van der Waals surface area contributed by atoms with Crippen molar-refractivity contribution in [1.82, 2.24) is 0 Å². The second-order valence-electron chi connectivity index (χ2n) is 16.3. The molecule has 0 heterocycles. The van der Waals surface area contributed by atoms with Crippen LogP contribution in [0.3, 0.4) is 0 Å². The number of hydrogen-bond acceptors (Lipinski definition) is 0. The molecule has 0 saturated carbocycles. The Hall–Kier alpha value is -6.50. The topological polar surface area (TPSA) is 0 Å². The van der Waals surface area contributed by atoms with Gasteiger partial charge in [0.2, 0.25) is 0 Å². The van der Waals surface area contributed by atoms with E-state index in [9.17, 15) is 0 Å². The quantitative estimate of drug-likeness (QED) is 0.107. The normalized spacial score (nSPS) is 11.8. The molecule has 0 bridgehead atoms. The van der Waals surface area contributed by atoms with E-state index in [0.717, 1.165) is 0 Å². The van der Waals surface area contributed by atoms with Crippen LogP contribution in [0.4, 0.5) is 0 Å². The van der Waals surface area contributed by atoms with Gasteiger partial charge in [-0.05, 0) is 0 Å². The predicted molar refractivity (Wildman–Crippen MR) is 277 cm³/mol. The van der Waals surface area contributed by atoms with E-state index in [1.165, 1.54) is 55.9 Å². The molecule has 10 aromatic rings. The van der Waals surface area contributed by atoms with Crippen molar-refractivity contribution < 1.29 is 0 Å². The molecule has 0 nitrogen and oxygen atoms in total. The van der Waals surface area contributed by atoms with Gasteiger partial charge in [-0.1, -0.05) is 0 Å². The van der Waals surface area contributed by atoms with Crippen molar-refractivity contribution in [2.75, 3.05) is 0 Å². The summed E-state index contributed by atoms with van der Waals surface area (Å²) in [7, 11) is -2.90. The van der Waals surface area contributed by atoms with Crippen LogP contribution in [-0.2, 0) is 0 Å². The summed E-state index contributed by atoms with van der Waals surface area (Å²) in [6.07, 6.45) is 0. The van der Waals surface area contributed by atoms with E-state index in [0.29, 0.717) is 0 Å². The van der Waals surface area contributed by atoms with Gasteiger partial charge in [-0.2, -0.15) is 0 Å². The van der Waals surface area contributed by atoms with Gasteiger partial charge in [0.15, 0.2) is 0 Å². The molecule has 0 unspecified atom stereocenters. The van der Waals surface area contributed by atoms with Gasteiger partial charge in [0, 0.05) is 0 Å². The maximum atomic E-state index is 2.50.